The third-order valence-corrected chi connectivity index (χ3v) is 5.14. The van der Waals surface area contributed by atoms with Gasteiger partial charge in [0, 0.05) is 0 Å². The van der Waals surface area contributed by atoms with Crippen LogP contribution in [0.1, 0.15) is 5.56 Å². The molecule has 0 unspecified atom stereocenters. The zero-order valence-electron chi connectivity index (χ0n) is 14.5. The number of para-hydroxylation sites is 1. The fraction of sp³-hybridized carbons (Fsp3) is 0.158. The largest absolute Gasteiger partial charge is 0.493 e. The highest BCUT2D eigenvalue weighted by Crippen LogP contribution is 2.36. The summed E-state index contributed by atoms with van der Waals surface area (Å²) in [5, 5.41) is 0.256. The number of amides is 1. The first-order chi connectivity index (χ1) is 13.1. The van der Waals surface area contributed by atoms with E-state index < -0.39 is 0 Å². The maximum atomic E-state index is 11.8. The Hall–Kier alpha value is -2.20. The van der Waals surface area contributed by atoms with Crippen molar-refractivity contribution in [3.8, 4) is 17.2 Å². The molecule has 1 aliphatic rings. The molecule has 2 N–H and O–H groups in total. The maximum absolute atomic E-state index is 11.8. The lowest BCUT2D eigenvalue weighted by molar-refractivity contribution is -0.113. The molecule has 0 bridgehead atoms. The minimum absolute atomic E-state index is 0.256. The Morgan fingerprint density at radius 3 is 2.59 bits per heavy atom. The minimum atomic E-state index is -0.329. The van der Waals surface area contributed by atoms with Crippen LogP contribution in [-0.2, 0) is 4.79 Å². The standard InChI is InChI=1S/C19H17IN2O4S/c1-24-15-10-12(11-16-18(23)22-19(21)27-16)9-14(20)17(15)26-8-7-25-13-5-3-2-4-6-13/h2-6,9-11H,7-8H2,1H3,(H2,21,22,23)/b16-11-. The number of rotatable bonds is 7. The molecule has 1 amide bonds. The third kappa shape index (κ3) is 5.16. The lowest BCUT2D eigenvalue weighted by atomic mass is 10.2. The number of hydrogen-bond donors (Lipinski definition) is 1. The number of nitrogens with two attached hydrogens (primary N) is 1. The molecule has 2 aromatic rings. The van der Waals surface area contributed by atoms with Gasteiger partial charge < -0.3 is 19.9 Å². The molecule has 0 radical (unpaired) electrons. The van der Waals surface area contributed by atoms with Gasteiger partial charge in [-0.15, -0.1) is 0 Å². The first kappa shape index (κ1) is 19.6. The number of hydrogen-bond acceptors (Lipinski definition) is 6. The molecular weight excluding hydrogens is 479 g/mol. The SMILES string of the molecule is COc1cc(/C=C2\SC(N)=NC2=O)cc(I)c1OCCOc1ccccc1. The van der Waals surface area contributed by atoms with Crippen LogP contribution in [0.15, 0.2) is 52.4 Å². The number of thioether (sulfide) groups is 1. The number of benzene rings is 2. The number of amidine groups is 1. The second kappa shape index (κ2) is 9.14. The molecule has 2 aromatic carbocycles. The summed E-state index contributed by atoms with van der Waals surface area (Å²) < 4.78 is 17.8. The number of carbonyl (C=O) groups is 1. The topological polar surface area (TPSA) is 83.1 Å². The van der Waals surface area contributed by atoms with E-state index in [4.69, 9.17) is 19.9 Å². The summed E-state index contributed by atoms with van der Waals surface area (Å²) in [6, 6.07) is 13.3. The monoisotopic (exact) mass is 496 g/mol. The number of halogens is 1. The van der Waals surface area contributed by atoms with Crippen LogP contribution >= 0.6 is 34.4 Å². The highest BCUT2D eigenvalue weighted by molar-refractivity contribution is 14.1. The third-order valence-electron chi connectivity index (χ3n) is 3.53. The van der Waals surface area contributed by atoms with Crippen LogP contribution in [-0.4, -0.2) is 31.4 Å². The zero-order chi connectivity index (χ0) is 19.2. The van der Waals surface area contributed by atoms with Gasteiger partial charge in [-0.1, -0.05) is 18.2 Å². The van der Waals surface area contributed by atoms with E-state index in [1.165, 1.54) is 0 Å². The van der Waals surface area contributed by atoms with E-state index in [-0.39, 0.29) is 11.1 Å². The van der Waals surface area contributed by atoms with Crippen LogP contribution in [0.2, 0.25) is 0 Å². The molecule has 140 valence electrons. The van der Waals surface area contributed by atoms with Gasteiger partial charge in [0.15, 0.2) is 16.7 Å². The van der Waals surface area contributed by atoms with E-state index >= 15 is 0 Å². The van der Waals surface area contributed by atoms with E-state index in [0.29, 0.717) is 29.6 Å². The van der Waals surface area contributed by atoms with E-state index in [2.05, 4.69) is 27.6 Å². The molecule has 8 heteroatoms. The second-order valence-corrected chi connectivity index (χ2v) is 7.63. The summed E-state index contributed by atoms with van der Waals surface area (Å²) in [4.78, 5) is 15.9. The van der Waals surface area contributed by atoms with E-state index in [0.717, 1.165) is 26.6 Å². The van der Waals surface area contributed by atoms with Gasteiger partial charge in [0.25, 0.3) is 5.91 Å². The summed E-state index contributed by atoms with van der Waals surface area (Å²) in [5.41, 5.74) is 6.39. The number of nitrogens with zero attached hydrogens (tertiary/aromatic N) is 1. The van der Waals surface area contributed by atoms with Crippen molar-refractivity contribution in [2.45, 2.75) is 0 Å². The predicted octanol–water partition coefficient (Wildman–Crippen LogP) is 3.69. The van der Waals surface area contributed by atoms with Crippen LogP contribution in [0.4, 0.5) is 0 Å². The first-order valence-corrected chi connectivity index (χ1v) is 9.92. The molecule has 0 spiro atoms. The fourth-order valence-corrected chi connectivity index (χ4v) is 3.82. The van der Waals surface area contributed by atoms with Crippen molar-refractivity contribution in [2.24, 2.45) is 10.7 Å². The second-order valence-electron chi connectivity index (χ2n) is 5.41. The normalized spacial score (nSPS) is 15.0. The van der Waals surface area contributed by atoms with Crippen molar-refractivity contribution in [1.82, 2.24) is 0 Å². The average Bonchev–Trinajstić information content (AvgIpc) is 2.97. The molecule has 1 aliphatic heterocycles. The summed E-state index contributed by atoms with van der Waals surface area (Å²) in [6.07, 6.45) is 1.74. The van der Waals surface area contributed by atoms with Gasteiger partial charge in [-0.2, -0.15) is 4.99 Å². The summed E-state index contributed by atoms with van der Waals surface area (Å²) >= 11 is 3.33. The van der Waals surface area contributed by atoms with Crippen LogP contribution in [0.25, 0.3) is 6.08 Å². The number of ether oxygens (including phenoxy) is 3. The van der Waals surface area contributed by atoms with Crippen molar-refractivity contribution >= 4 is 51.5 Å². The van der Waals surface area contributed by atoms with Crippen molar-refractivity contribution in [1.29, 1.82) is 0 Å². The first-order valence-electron chi connectivity index (χ1n) is 8.03. The van der Waals surface area contributed by atoms with Gasteiger partial charge in [-0.3, -0.25) is 4.79 Å². The lowest BCUT2D eigenvalue weighted by Gasteiger charge is -2.14. The van der Waals surface area contributed by atoms with Gasteiger partial charge in [0.05, 0.1) is 15.6 Å². The molecular formula is C19H17IN2O4S. The molecule has 0 aliphatic carbocycles. The Labute approximate surface area is 174 Å². The van der Waals surface area contributed by atoms with Crippen LogP contribution < -0.4 is 19.9 Å². The Morgan fingerprint density at radius 2 is 1.93 bits per heavy atom. The quantitative estimate of drug-likeness (QED) is 0.358. The zero-order valence-corrected chi connectivity index (χ0v) is 17.5. The molecule has 0 aromatic heterocycles. The maximum Gasteiger partial charge on any atom is 0.286 e. The van der Waals surface area contributed by atoms with E-state index in [1.54, 1.807) is 13.2 Å². The Bertz CT molecular complexity index is 900. The Kier molecular flexibility index (Phi) is 6.62. The molecule has 0 saturated carbocycles. The number of carbonyl (C=O) groups excluding carboxylic acids is 1. The van der Waals surface area contributed by atoms with Crippen molar-refractivity contribution in [3.05, 3.63) is 56.5 Å². The van der Waals surface area contributed by atoms with Crippen LogP contribution in [0.5, 0.6) is 17.2 Å². The van der Waals surface area contributed by atoms with Crippen molar-refractivity contribution in [2.75, 3.05) is 20.3 Å². The highest BCUT2D eigenvalue weighted by atomic mass is 127. The molecule has 3 rings (SSSR count). The smallest absolute Gasteiger partial charge is 0.286 e. The molecule has 0 fully saturated rings. The summed E-state index contributed by atoms with van der Waals surface area (Å²) in [6.45, 7) is 0.789. The minimum Gasteiger partial charge on any atom is -0.493 e. The lowest BCUT2D eigenvalue weighted by Crippen LogP contribution is -2.10. The average molecular weight is 496 g/mol. The molecule has 6 nitrogen and oxygen atoms in total. The van der Waals surface area contributed by atoms with Crippen molar-refractivity contribution in [3.63, 3.8) is 0 Å². The summed E-state index contributed by atoms with van der Waals surface area (Å²) in [5.74, 6) is 1.69. The Morgan fingerprint density at radius 1 is 1.19 bits per heavy atom. The molecule has 0 atom stereocenters. The number of methoxy groups -OCH3 is 1. The Balaban J connectivity index is 1.67. The van der Waals surface area contributed by atoms with Crippen molar-refractivity contribution < 1.29 is 19.0 Å². The van der Waals surface area contributed by atoms with Crippen LogP contribution in [0, 0.1) is 3.57 Å². The van der Waals surface area contributed by atoms with Gasteiger partial charge in [0.1, 0.15) is 19.0 Å². The molecule has 0 saturated heterocycles. The fourth-order valence-electron chi connectivity index (χ4n) is 2.36. The van der Waals surface area contributed by atoms with Gasteiger partial charge >= 0.3 is 0 Å². The van der Waals surface area contributed by atoms with Gasteiger partial charge in [-0.25, -0.2) is 0 Å². The van der Waals surface area contributed by atoms with Crippen LogP contribution in [0.3, 0.4) is 0 Å². The highest BCUT2D eigenvalue weighted by Gasteiger charge is 2.20. The molecule has 27 heavy (non-hydrogen) atoms. The predicted molar refractivity (Wildman–Crippen MR) is 115 cm³/mol. The summed E-state index contributed by atoms with van der Waals surface area (Å²) in [7, 11) is 1.58. The van der Waals surface area contributed by atoms with Gasteiger partial charge in [0.2, 0.25) is 0 Å². The number of aliphatic imine (C=N–C) groups is 1. The van der Waals surface area contributed by atoms with E-state index in [1.807, 2.05) is 42.5 Å². The molecule has 1 heterocycles. The van der Waals surface area contributed by atoms with Gasteiger partial charge in [-0.05, 0) is 70.3 Å². The van der Waals surface area contributed by atoms with E-state index in [9.17, 15) is 4.79 Å².